The van der Waals surface area contributed by atoms with Crippen molar-refractivity contribution in [3.05, 3.63) is 50.9 Å². The van der Waals surface area contributed by atoms with E-state index in [1.807, 2.05) is 0 Å². The van der Waals surface area contributed by atoms with Gasteiger partial charge in [-0.3, -0.25) is 19.0 Å². The number of aromatic nitrogens is 2. The molecule has 0 spiro atoms. The highest BCUT2D eigenvalue weighted by molar-refractivity contribution is 7.20. The minimum absolute atomic E-state index is 0.290. The number of ether oxygens (including phenoxy) is 2. The van der Waals surface area contributed by atoms with Gasteiger partial charge >= 0.3 is 5.97 Å². The van der Waals surface area contributed by atoms with E-state index in [0.717, 1.165) is 11.3 Å². The third-order valence-corrected chi connectivity index (χ3v) is 6.58. The number of benzene rings is 1. The lowest BCUT2D eigenvalue weighted by atomic mass is 10.0. The van der Waals surface area contributed by atoms with Crippen molar-refractivity contribution in [2.75, 3.05) is 5.32 Å². The van der Waals surface area contributed by atoms with Crippen molar-refractivity contribution in [3.8, 4) is 5.75 Å². The highest BCUT2D eigenvalue weighted by Crippen LogP contribution is 2.32. The van der Waals surface area contributed by atoms with Crippen LogP contribution in [0.4, 0.5) is 5.69 Å². The number of carbonyl (C=O) groups is 3. The molecule has 3 aromatic rings. The maximum absolute atomic E-state index is 13.2. The molecule has 1 aliphatic heterocycles. The third-order valence-electron chi connectivity index (χ3n) is 5.40. The Morgan fingerprint density at radius 3 is 2.67 bits per heavy atom. The summed E-state index contributed by atoms with van der Waals surface area (Å²) in [5.41, 5.74) is 0.783. The van der Waals surface area contributed by atoms with Gasteiger partial charge in [0.25, 0.3) is 11.5 Å². The Labute approximate surface area is 193 Å². The van der Waals surface area contributed by atoms with Gasteiger partial charge in [-0.05, 0) is 58.4 Å². The Kier molecular flexibility index (Phi) is 5.79. The van der Waals surface area contributed by atoms with Crippen LogP contribution in [0.5, 0.6) is 5.75 Å². The van der Waals surface area contributed by atoms with Gasteiger partial charge < -0.3 is 14.8 Å². The van der Waals surface area contributed by atoms with E-state index in [1.54, 1.807) is 46.8 Å². The highest BCUT2D eigenvalue weighted by Gasteiger charge is 2.27. The van der Waals surface area contributed by atoms with E-state index in [0.29, 0.717) is 32.3 Å². The zero-order chi connectivity index (χ0) is 24.0. The van der Waals surface area contributed by atoms with Crippen LogP contribution in [0, 0.1) is 6.92 Å². The van der Waals surface area contributed by atoms with Gasteiger partial charge in [-0.2, -0.15) is 0 Å². The predicted octanol–water partition coefficient (Wildman–Crippen LogP) is 3.49. The van der Waals surface area contributed by atoms with E-state index < -0.39 is 23.7 Å². The van der Waals surface area contributed by atoms with Crippen LogP contribution in [0.1, 0.15) is 59.3 Å². The number of carbonyl (C=O) groups excluding carboxylic acids is 3. The van der Waals surface area contributed by atoms with Gasteiger partial charge in [0.05, 0.1) is 29.5 Å². The first-order chi connectivity index (χ1) is 15.6. The first kappa shape index (κ1) is 22.7. The monoisotopic (exact) mass is 469 g/mol. The second-order valence-corrected chi connectivity index (χ2v) is 9.15. The zero-order valence-corrected chi connectivity index (χ0v) is 19.6. The fourth-order valence-electron chi connectivity index (χ4n) is 3.60. The molecule has 0 saturated heterocycles. The number of hydrogen-bond acceptors (Lipinski definition) is 8. The number of nitrogens with zero attached hydrogens (tertiary/aromatic N) is 2. The molecule has 0 saturated carbocycles. The van der Waals surface area contributed by atoms with Crippen LogP contribution in [0.25, 0.3) is 10.2 Å². The Balaban J connectivity index is 1.68. The molecular weight excluding hydrogens is 446 g/mol. The van der Waals surface area contributed by atoms with Crippen LogP contribution < -0.4 is 15.6 Å². The number of Topliss-reactive ketones (excluding diaryl/α,β-unsaturated/α-hetero) is 1. The average molecular weight is 470 g/mol. The number of anilines is 1. The van der Waals surface area contributed by atoms with E-state index in [1.165, 1.54) is 17.0 Å². The lowest BCUT2D eigenvalue weighted by molar-refractivity contribution is -0.122. The van der Waals surface area contributed by atoms with Crippen LogP contribution in [-0.2, 0) is 9.53 Å². The van der Waals surface area contributed by atoms with E-state index >= 15 is 0 Å². The molecule has 2 unspecified atom stereocenters. The van der Waals surface area contributed by atoms with Crippen molar-refractivity contribution in [1.29, 1.82) is 0 Å². The summed E-state index contributed by atoms with van der Waals surface area (Å²) in [5.74, 6) is -0.665. The van der Waals surface area contributed by atoms with Crippen LogP contribution in [0.3, 0.4) is 0 Å². The number of thiophene rings is 1. The summed E-state index contributed by atoms with van der Waals surface area (Å²) in [6, 6.07) is 3.88. The summed E-state index contributed by atoms with van der Waals surface area (Å²) in [4.78, 5) is 55.7. The van der Waals surface area contributed by atoms with Crippen LogP contribution >= 0.6 is 11.3 Å². The fourth-order valence-corrected chi connectivity index (χ4v) is 4.63. The normalized spacial score (nSPS) is 16.2. The summed E-state index contributed by atoms with van der Waals surface area (Å²) in [6.45, 7) is 8.40. The second-order valence-electron chi connectivity index (χ2n) is 8.15. The van der Waals surface area contributed by atoms with Crippen LogP contribution in [-0.4, -0.2) is 39.4 Å². The SMILES string of the molecule is Cc1c(C(=O)OC(C)C)sc2ncn(C(C)C(=O)c3ccc4c(c3)NC(=O)C(C)O4)c(=O)c12. The Hall–Kier alpha value is -3.53. The van der Waals surface area contributed by atoms with Crippen LogP contribution in [0.2, 0.25) is 0 Å². The topological polar surface area (TPSA) is 117 Å². The Morgan fingerprint density at radius 2 is 1.97 bits per heavy atom. The van der Waals surface area contributed by atoms with Gasteiger partial charge in [0.15, 0.2) is 11.9 Å². The van der Waals surface area contributed by atoms with Crippen molar-refractivity contribution in [3.63, 3.8) is 0 Å². The molecule has 0 radical (unpaired) electrons. The molecule has 1 amide bonds. The Morgan fingerprint density at radius 1 is 1.24 bits per heavy atom. The van der Waals surface area contributed by atoms with E-state index in [9.17, 15) is 19.2 Å². The average Bonchev–Trinajstić information content (AvgIpc) is 3.10. The molecule has 0 aliphatic carbocycles. The molecule has 1 aliphatic rings. The fraction of sp³-hybridized carbons (Fsp3) is 0.348. The van der Waals surface area contributed by atoms with Gasteiger partial charge in [0.2, 0.25) is 0 Å². The quantitative estimate of drug-likeness (QED) is 0.449. The smallest absolute Gasteiger partial charge is 0.348 e. The van der Waals surface area contributed by atoms with E-state index in [-0.39, 0.29) is 23.2 Å². The molecule has 4 rings (SSSR count). The molecular formula is C23H23N3O6S. The summed E-state index contributed by atoms with van der Waals surface area (Å²) >= 11 is 1.09. The molecule has 1 aromatic carbocycles. The molecule has 0 fully saturated rings. The molecule has 3 heterocycles. The zero-order valence-electron chi connectivity index (χ0n) is 18.8. The molecule has 10 heteroatoms. The first-order valence-electron chi connectivity index (χ1n) is 10.5. The molecule has 9 nitrogen and oxygen atoms in total. The summed E-state index contributed by atoms with van der Waals surface area (Å²) in [5, 5.41) is 3.00. The maximum atomic E-state index is 13.2. The number of fused-ring (bicyclic) bond motifs is 2. The number of aryl methyl sites for hydroxylation is 1. The number of hydrogen-bond donors (Lipinski definition) is 1. The second kappa shape index (κ2) is 8.43. The number of amides is 1. The molecule has 1 N–H and O–H groups in total. The maximum Gasteiger partial charge on any atom is 0.348 e. The molecule has 172 valence electrons. The lowest BCUT2D eigenvalue weighted by Crippen LogP contribution is -2.34. The summed E-state index contributed by atoms with van der Waals surface area (Å²) < 4.78 is 12.0. The van der Waals surface area contributed by atoms with Gasteiger partial charge in [-0.1, -0.05) is 0 Å². The summed E-state index contributed by atoms with van der Waals surface area (Å²) in [7, 11) is 0. The standard InChI is InChI=1S/C23H23N3O6S/c1-10(2)31-23(30)19-11(3)17-21(33-19)24-9-26(22(17)29)12(4)18(27)14-6-7-16-15(8-14)25-20(28)13(5)32-16/h6-10,12-13H,1-5H3,(H,25,28). The van der Waals surface area contributed by atoms with Crippen LogP contribution in [0.15, 0.2) is 29.3 Å². The van der Waals surface area contributed by atoms with Crippen molar-refractivity contribution in [1.82, 2.24) is 9.55 Å². The highest BCUT2D eigenvalue weighted by atomic mass is 32.1. The van der Waals surface area contributed by atoms with Gasteiger partial charge in [-0.25, -0.2) is 9.78 Å². The third kappa shape index (κ3) is 4.02. The minimum atomic E-state index is -0.864. The van der Waals surface area contributed by atoms with Gasteiger partial charge in [0, 0.05) is 5.56 Å². The molecule has 33 heavy (non-hydrogen) atoms. The van der Waals surface area contributed by atoms with Gasteiger partial charge in [-0.15, -0.1) is 11.3 Å². The molecule has 2 aromatic heterocycles. The summed E-state index contributed by atoms with van der Waals surface area (Å²) in [6.07, 6.45) is 0.399. The number of nitrogens with one attached hydrogen (secondary N) is 1. The van der Waals surface area contributed by atoms with E-state index in [2.05, 4.69) is 10.3 Å². The predicted molar refractivity (Wildman–Crippen MR) is 123 cm³/mol. The molecule has 0 bridgehead atoms. The first-order valence-corrected chi connectivity index (χ1v) is 11.3. The van der Waals surface area contributed by atoms with E-state index in [4.69, 9.17) is 9.47 Å². The Bertz CT molecular complexity index is 1360. The van der Waals surface area contributed by atoms with Crippen molar-refractivity contribution in [2.45, 2.75) is 52.9 Å². The minimum Gasteiger partial charge on any atom is -0.479 e. The largest absolute Gasteiger partial charge is 0.479 e. The van der Waals surface area contributed by atoms with Crippen molar-refractivity contribution < 1.29 is 23.9 Å². The molecule has 2 atom stereocenters. The number of ketones is 1. The van der Waals surface area contributed by atoms with Crippen molar-refractivity contribution in [2.24, 2.45) is 0 Å². The number of esters is 1. The number of rotatable bonds is 5. The van der Waals surface area contributed by atoms with Gasteiger partial charge in [0.1, 0.15) is 15.5 Å². The van der Waals surface area contributed by atoms with Crippen molar-refractivity contribution >= 4 is 44.9 Å². The lowest BCUT2D eigenvalue weighted by Gasteiger charge is -2.24.